The lowest BCUT2D eigenvalue weighted by atomic mass is 10.1. The third kappa shape index (κ3) is 2.26. The Morgan fingerprint density at radius 3 is 3.00 bits per heavy atom. The Kier molecular flexibility index (Phi) is 3.39. The topological polar surface area (TPSA) is 105 Å². The highest BCUT2D eigenvalue weighted by atomic mass is 16.4. The molecule has 7 nitrogen and oxygen atoms in total. The molecule has 1 unspecified atom stereocenters. The molecule has 0 aliphatic carbocycles. The number of aromatic nitrogens is 2. The third-order valence-electron chi connectivity index (χ3n) is 3.70. The fourth-order valence-corrected chi connectivity index (χ4v) is 2.70. The quantitative estimate of drug-likeness (QED) is 0.370. The van der Waals surface area contributed by atoms with Gasteiger partial charge in [0.2, 0.25) is 0 Å². The summed E-state index contributed by atoms with van der Waals surface area (Å²) in [5, 5.41) is 11.9. The van der Waals surface area contributed by atoms with Gasteiger partial charge >= 0.3 is 0 Å². The summed E-state index contributed by atoms with van der Waals surface area (Å²) in [5.74, 6) is -0.109. The largest absolute Gasteiger partial charge is 0.409 e. The van der Waals surface area contributed by atoms with Crippen molar-refractivity contribution >= 4 is 22.8 Å². The van der Waals surface area contributed by atoms with Crippen LogP contribution in [0.2, 0.25) is 0 Å². The van der Waals surface area contributed by atoms with E-state index in [1.165, 1.54) is 0 Å². The molecule has 7 heteroatoms. The molecule has 21 heavy (non-hydrogen) atoms. The molecule has 1 amide bonds. The summed E-state index contributed by atoms with van der Waals surface area (Å²) in [5.41, 5.74) is 7.39. The fourth-order valence-electron chi connectivity index (χ4n) is 2.70. The maximum Gasteiger partial charge on any atom is 0.256 e. The van der Waals surface area contributed by atoms with Gasteiger partial charge in [0, 0.05) is 18.9 Å². The number of carbonyl (C=O) groups is 1. The van der Waals surface area contributed by atoms with E-state index in [1.54, 1.807) is 29.4 Å². The van der Waals surface area contributed by atoms with E-state index in [4.69, 9.17) is 10.9 Å². The van der Waals surface area contributed by atoms with Crippen LogP contribution in [-0.4, -0.2) is 44.4 Å². The van der Waals surface area contributed by atoms with E-state index in [1.807, 2.05) is 6.07 Å². The molecule has 3 N–H and O–H groups in total. The van der Waals surface area contributed by atoms with Crippen molar-refractivity contribution in [3.8, 4) is 0 Å². The zero-order chi connectivity index (χ0) is 14.8. The lowest BCUT2D eigenvalue weighted by molar-refractivity contribution is 0.0769. The van der Waals surface area contributed by atoms with E-state index in [2.05, 4.69) is 15.1 Å². The number of amides is 1. The molecule has 1 aromatic heterocycles. The molecule has 1 saturated heterocycles. The molecule has 0 radical (unpaired) electrons. The molecule has 2 heterocycles. The molecule has 1 aromatic carbocycles. The van der Waals surface area contributed by atoms with Crippen LogP contribution in [-0.2, 0) is 0 Å². The summed E-state index contributed by atoms with van der Waals surface area (Å²) in [4.78, 5) is 22.8. The van der Waals surface area contributed by atoms with Crippen LogP contribution in [0.4, 0.5) is 0 Å². The minimum absolute atomic E-state index is 0.0622. The lowest BCUT2D eigenvalue weighted by Gasteiger charge is -2.23. The monoisotopic (exact) mass is 285 g/mol. The van der Waals surface area contributed by atoms with E-state index in [-0.39, 0.29) is 17.8 Å². The van der Waals surface area contributed by atoms with Crippen molar-refractivity contribution in [1.29, 1.82) is 0 Å². The average Bonchev–Trinajstić information content (AvgIpc) is 3.02. The summed E-state index contributed by atoms with van der Waals surface area (Å²) in [6, 6.07) is 4.94. The molecular formula is C14H15N5O2. The van der Waals surface area contributed by atoms with Crippen LogP contribution < -0.4 is 5.73 Å². The van der Waals surface area contributed by atoms with Crippen molar-refractivity contribution in [3.63, 3.8) is 0 Å². The number of hydrogen-bond acceptors (Lipinski definition) is 5. The second kappa shape index (κ2) is 5.35. The fraction of sp³-hybridized carbons (Fsp3) is 0.286. The van der Waals surface area contributed by atoms with E-state index in [0.717, 1.165) is 6.42 Å². The molecule has 1 aliphatic rings. The van der Waals surface area contributed by atoms with Gasteiger partial charge in [-0.1, -0.05) is 11.2 Å². The molecular weight excluding hydrogens is 270 g/mol. The lowest BCUT2D eigenvalue weighted by Crippen LogP contribution is -2.44. The molecule has 3 rings (SSSR count). The first-order valence-corrected chi connectivity index (χ1v) is 6.70. The van der Waals surface area contributed by atoms with Gasteiger partial charge < -0.3 is 15.8 Å². The molecule has 108 valence electrons. The average molecular weight is 285 g/mol. The Balaban J connectivity index is 2.01. The zero-order valence-corrected chi connectivity index (χ0v) is 11.3. The summed E-state index contributed by atoms with van der Waals surface area (Å²) in [6.07, 6.45) is 4.66. The number of benzene rings is 1. The highest BCUT2D eigenvalue weighted by molar-refractivity contribution is 6.06. The number of fused-ring (bicyclic) bond motifs is 1. The molecule has 2 aromatic rings. The van der Waals surface area contributed by atoms with Crippen molar-refractivity contribution in [2.24, 2.45) is 10.9 Å². The van der Waals surface area contributed by atoms with Gasteiger partial charge in [-0.15, -0.1) is 0 Å². The number of rotatable bonds is 2. The second-order valence-electron chi connectivity index (χ2n) is 4.91. The maximum atomic E-state index is 12.8. The predicted octanol–water partition coefficient (Wildman–Crippen LogP) is 0.981. The van der Waals surface area contributed by atoms with Crippen molar-refractivity contribution in [2.45, 2.75) is 18.9 Å². The Labute approximate surface area is 121 Å². The smallest absolute Gasteiger partial charge is 0.256 e. The summed E-state index contributed by atoms with van der Waals surface area (Å²) >= 11 is 0. The van der Waals surface area contributed by atoms with Gasteiger partial charge in [-0.05, 0) is 25.0 Å². The molecule has 1 aliphatic heterocycles. The normalized spacial score (nSPS) is 19.1. The number of para-hydroxylation sites is 1. The van der Waals surface area contributed by atoms with Gasteiger partial charge in [0.1, 0.15) is 5.52 Å². The van der Waals surface area contributed by atoms with Crippen molar-refractivity contribution < 1.29 is 10.0 Å². The first-order valence-electron chi connectivity index (χ1n) is 6.70. The van der Waals surface area contributed by atoms with Gasteiger partial charge in [0.25, 0.3) is 5.91 Å². The van der Waals surface area contributed by atoms with Crippen LogP contribution in [0.1, 0.15) is 23.2 Å². The molecule has 0 saturated carbocycles. The molecule has 1 atom stereocenters. The van der Waals surface area contributed by atoms with Gasteiger partial charge in [0.15, 0.2) is 5.84 Å². The third-order valence-corrected chi connectivity index (χ3v) is 3.70. The number of hydrogen-bond donors (Lipinski definition) is 2. The van der Waals surface area contributed by atoms with Crippen LogP contribution >= 0.6 is 0 Å². The first kappa shape index (κ1) is 13.3. The Hall–Kier alpha value is -2.70. The van der Waals surface area contributed by atoms with E-state index in [9.17, 15) is 4.79 Å². The maximum absolute atomic E-state index is 12.8. The van der Waals surface area contributed by atoms with Gasteiger partial charge in [-0.25, -0.2) is 0 Å². The zero-order valence-electron chi connectivity index (χ0n) is 11.3. The van der Waals surface area contributed by atoms with Crippen LogP contribution in [0.25, 0.3) is 11.0 Å². The minimum atomic E-state index is -0.366. The minimum Gasteiger partial charge on any atom is -0.409 e. The van der Waals surface area contributed by atoms with E-state index < -0.39 is 0 Å². The number of nitrogens with two attached hydrogens (primary N) is 1. The number of nitrogens with zero attached hydrogens (tertiary/aromatic N) is 4. The standard InChI is InChI=1S/C14H15N5O2/c15-13(18-21)11-5-2-8-19(11)14(20)9-3-1-4-10-12(9)17-7-6-16-10/h1,3-4,6-7,11,21H,2,5,8H2,(H2,15,18). The Morgan fingerprint density at radius 2 is 2.19 bits per heavy atom. The van der Waals surface area contributed by atoms with Crippen LogP contribution in [0.15, 0.2) is 35.7 Å². The second-order valence-corrected chi connectivity index (χ2v) is 4.91. The van der Waals surface area contributed by atoms with E-state index >= 15 is 0 Å². The van der Waals surface area contributed by atoms with Gasteiger partial charge in [-0.3, -0.25) is 14.8 Å². The summed E-state index contributed by atoms with van der Waals surface area (Å²) in [6.45, 7) is 0.580. The number of likely N-dealkylation sites (tertiary alicyclic amines) is 1. The molecule has 0 spiro atoms. The molecule has 1 fully saturated rings. The number of amidine groups is 1. The van der Waals surface area contributed by atoms with Crippen molar-refractivity contribution in [3.05, 3.63) is 36.2 Å². The Morgan fingerprint density at radius 1 is 1.38 bits per heavy atom. The van der Waals surface area contributed by atoms with E-state index in [0.29, 0.717) is 29.6 Å². The first-order chi connectivity index (χ1) is 10.2. The number of oxime groups is 1. The van der Waals surface area contributed by atoms with Crippen LogP contribution in [0, 0.1) is 0 Å². The molecule has 0 bridgehead atoms. The highest BCUT2D eigenvalue weighted by Gasteiger charge is 2.33. The summed E-state index contributed by atoms with van der Waals surface area (Å²) in [7, 11) is 0. The SMILES string of the molecule is N/C(=N/O)C1CCCN1C(=O)c1cccc2nccnc12. The number of carbonyl (C=O) groups excluding carboxylic acids is 1. The Bertz CT molecular complexity index is 710. The highest BCUT2D eigenvalue weighted by Crippen LogP contribution is 2.23. The van der Waals surface area contributed by atoms with Gasteiger partial charge in [-0.2, -0.15) is 0 Å². The van der Waals surface area contributed by atoms with Crippen LogP contribution in [0.3, 0.4) is 0 Å². The van der Waals surface area contributed by atoms with Crippen molar-refractivity contribution in [1.82, 2.24) is 14.9 Å². The van der Waals surface area contributed by atoms with Crippen molar-refractivity contribution in [2.75, 3.05) is 6.54 Å². The summed E-state index contributed by atoms with van der Waals surface area (Å²) < 4.78 is 0. The van der Waals surface area contributed by atoms with Gasteiger partial charge in [0.05, 0.1) is 17.1 Å². The van der Waals surface area contributed by atoms with Crippen LogP contribution in [0.5, 0.6) is 0 Å². The predicted molar refractivity (Wildman–Crippen MR) is 77.0 cm³/mol.